The van der Waals surface area contributed by atoms with Crippen LogP contribution in [-0.2, 0) is 5.88 Å². The van der Waals surface area contributed by atoms with Gasteiger partial charge in [-0.05, 0) is 45.8 Å². The molecule has 0 bridgehead atoms. The van der Waals surface area contributed by atoms with Crippen LogP contribution in [0.1, 0.15) is 5.56 Å². The molecular weight excluding hydrogens is 306 g/mol. The molecular formula is C13H9BrClFO. The summed E-state index contributed by atoms with van der Waals surface area (Å²) in [6, 6.07) is 12.0. The fourth-order valence-corrected chi connectivity index (χ4v) is 1.75. The number of benzene rings is 2. The van der Waals surface area contributed by atoms with Gasteiger partial charge in [-0.15, -0.1) is 11.6 Å². The lowest BCUT2D eigenvalue weighted by Gasteiger charge is -2.06. The Labute approximate surface area is 112 Å². The summed E-state index contributed by atoms with van der Waals surface area (Å²) in [5.41, 5.74) is 1.01. The van der Waals surface area contributed by atoms with Crippen LogP contribution in [-0.4, -0.2) is 0 Å². The molecule has 0 aliphatic carbocycles. The van der Waals surface area contributed by atoms with Gasteiger partial charge in [0.25, 0.3) is 0 Å². The van der Waals surface area contributed by atoms with Gasteiger partial charge in [0.15, 0.2) is 0 Å². The van der Waals surface area contributed by atoms with Gasteiger partial charge in [0, 0.05) is 11.9 Å². The molecule has 2 rings (SSSR count). The van der Waals surface area contributed by atoms with E-state index in [0.717, 1.165) is 5.56 Å². The van der Waals surface area contributed by atoms with Crippen molar-refractivity contribution in [1.82, 2.24) is 0 Å². The fraction of sp³-hybridized carbons (Fsp3) is 0.0769. The second-order valence-electron chi connectivity index (χ2n) is 3.46. The predicted octanol–water partition coefficient (Wildman–Crippen LogP) is 5.12. The summed E-state index contributed by atoms with van der Waals surface area (Å²) >= 11 is 8.77. The Hall–Kier alpha value is -1.06. The first kappa shape index (κ1) is 12.4. The van der Waals surface area contributed by atoms with Crippen molar-refractivity contribution in [3.63, 3.8) is 0 Å². The van der Waals surface area contributed by atoms with E-state index in [0.29, 0.717) is 21.9 Å². The molecule has 0 N–H and O–H groups in total. The molecule has 0 unspecified atom stereocenters. The van der Waals surface area contributed by atoms with Crippen molar-refractivity contribution < 1.29 is 9.13 Å². The Bertz CT molecular complexity index is 513. The Morgan fingerprint density at radius 2 is 1.71 bits per heavy atom. The van der Waals surface area contributed by atoms with Crippen molar-refractivity contribution in [2.24, 2.45) is 0 Å². The first-order chi connectivity index (χ1) is 8.19. The smallest absolute Gasteiger partial charge is 0.141 e. The van der Waals surface area contributed by atoms with E-state index in [2.05, 4.69) is 15.9 Å². The van der Waals surface area contributed by atoms with Crippen LogP contribution in [0, 0.1) is 5.82 Å². The van der Waals surface area contributed by atoms with Gasteiger partial charge in [-0.1, -0.05) is 12.1 Å². The van der Waals surface area contributed by atoms with Gasteiger partial charge in [0.1, 0.15) is 17.3 Å². The Kier molecular flexibility index (Phi) is 4.02. The molecule has 0 heterocycles. The van der Waals surface area contributed by atoms with Crippen molar-refractivity contribution in [2.45, 2.75) is 5.88 Å². The van der Waals surface area contributed by atoms with Crippen LogP contribution in [0.4, 0.5) is 4.39 Å². The number of rotatable bonds is 3. The zero-order valence-electron chi connectivity index (χ0n) is 8.79. The molecule has 0 fully saturated rings. The maximum absolute atomic E-state index is 13.3. The van der Waals surface area contributed by atoms with E-state index in [-0.39, 0.29) is 5.82 Å². The molecule has 2 aromatic carbocycles. The average molecular weight is 316 g/mol. The molecule has 0 radical (unpaired) electrons. The van der Waals surface area contributed by atoms with Crippen molar-refractivity contribution in [1.29, 1.82) is 0 Å². The van der Waals surface area contributed by atoms with E-state index < -0.39 is 0 Å². The number of hydrogen-bond donors (Lipinski definition) is 0. The van der Waals surface area contributed by atoms with Crippen LogP contribution in [0.5, 0.6) is 11.5 Å². The minimum absolute atomic E-state index is 0.347. The Morgan fingerprint density at radius 1 is 1.06 bits per heavy atom. The molecule has 1 nitrogen and oxygen atoms in total. The number of hydrogen-bond acceptors (Lipinski definition) is 1. The third-order valence-electron chi connectivity index (χ3n) is 2.20. The lowest BCUT2D eigenvalue weighted by molar-refractivity contribution is 0.476. The predicted molar refractivity (Wildman–Crippen MR) is 70.2 cm³/mol. The van der Waals surface area contributed by atoms with E-state index in [1.807, 2.05) is 12.1 Å². The summed E-state index contributed by atoms with van der Waals surface area (Å²) in [7, 11) is 0. The highest BCUT2D eigenvalue weighted by Crippen LogP contribution is 2.26. The minimum atomic E-state index is -0.347. The van der Waals surface area contributed by atoms with E-state index in [9.17, 15) is 4.39 Å². The lowest BCUT2D eigenvalue weighted by atomic mass is 10.2. The van der Waals surface area contributed by atoms with Crippen molar-refractivity contribution in [2.75, 3.05) is 0 Å². The summed E-state index contributed by atoms with van der Waals surface area (Å²) < 4.78 is 19.2. The highest BCUT2D eigenvalue weighted by atomic mass is 79.9. The molecule has 17 heavy (non-hydrogen) atoms. The monoisotopic (exact) mass is 314 g/mol. The van der Waals surface area contributed by atoms with Gasteiger partial charge in [-0.25, -0.2) is 4.39 Å². The maximum atomic E-state index is 13.3. The lowest BCUT2D eigenvalue weighted by Crippen LogP contribution is -1.86. The molecule has 0 atom stereocenters. The maximum Gasteiger partial charge on any atom is 0.141 e. The van der Waals surface area contributed by atoms with E-state index >= 15 is 0 Å². The molecule has 4 heteroatoms. The largest absolute Gasteiger partial charge is 0.457 e. The average Bonchev–Trinajstić information content (AvgIpc) is 2.35. The topological polar surface area (TPSA) is 9.23 Å². The van der Waals surface area contributed by atoms with Crippen LogP contribution in [0.2, 0.25) is 0 Å². The van der Waals surface area contributed by atoms with Crippen LogP contribution >= 0.6 is 27.5 Å². The molecule has 0 aliphatic heterocycles. The van der Waals surface area contributed by atoms with Crippen LogP contribution in [0.3, 0.4) is 0 Å². The SMILES string of the molecule is Fc1cc(Oc2ccc(CCl)cc2)ccc1Br. The van der Waals surface area contributed by atoms with Crippen LogP contribution in [0.25, 0.3) is 0 Å². The molecule has 0 amide bonds. The third-order valence-corrected chi connectivity index (χ3v) is 3.16. The molecule has 88 valence electrons. The highest BCUT2D eigenvalue weighted by molar-refractivity contribution is 9.10. The molecule has 0 saturated carbocycles. The zero-order valence-corrected chi connectivity index (χ0v) is 11.1. The van der Waals surface area contributed by atoms with Crippen molar-refractivity contribution in [3.05, 3.63) is 58.3 Å². The molecule has 2 aromatic rings. The standard InChI is InChI=1S/C13H9BrClFO/c14-12-6-5-11(7-13(12)16)17-10-3-1-9(8-15)2-4-10/h1-7H,8H2. The second-order valence-corrected chi connectivity index (χ2v) is 4.58. The molecule has 0 aromatic heterocycles. The van der Waals surface area contributed by atoms with Gasteiger partial charge >= 0.3 is 0 Å². The Balaban J connectivity index is 2.16. The second kappa shape index (κ2) is 5.52. The number of halogens is 3. The van der Waals surface area contributed by atoms with Gasteiger partial charge < -0.3 is 4.74 Å². The van der Waals surface area contributed by atoms with Gasteiger partial charge in [0.2, 0.25) is 0 Å². The van der Waals surface area contributed by atoms with Gasteiger partial charge in [0.05, 0.1) is 4.47 Å². The Morgan fingerprint density at radius 3 is 2.29 bits per heavy atom. The number of alkyl halides is 1. The van der Waals surface area contributed by atoms with Crippen molar-refractivity contribution >= 4 is 27.5 Å². The fourth-order valence-electron chi connectivity index (χ4n) is 1.32. The van der Waals surface area contributed by atoms with Gasteiger partial charge in [-0.3, -0.25) is 0 Å². The molecule has 0 aliphatic rings. The highest BCUT2D eigenvalue weighted by Gasteiger charge is 2.02. The summed E-state index contributed by atoms with van der Waals surface area (Å²) in [6.45, 7) is 0. The summed E-state index contributed by atoms with van der Waals surface area (Å²) in [5, 5.41) is 0. The van der Waals surface area contributed by atoms with E-state index in [4.69, 9.17) is 16.3 Å². The van der Waals surface area contributed by atoms with Crippen LogP contribution in [0.15, 0.2) is 46.9 Å². The normalized spacial score (nSPS) is 10.3. The quantitative estimate of drug-likeness (QED) is 0.714. The minimum Gasteiger partial charge on any atom is -0.457 e. The first-order valence-corrected chi connectivity index (χ1v) is 6.29. The molecule has 0 spiro atoms. The first-order valence-electron chi connectivity index (χ1n) is 4.97. The van der Waals surface area contributed by atoms with E-state index in [1.165, 1.54) is 6.07 Å². The summed E-state index contributed by atoms with van der Waals surface area (Å²) in [5.74, 6) is 1.23. The van der Waals surface area contributed by atoms with Crippen molar-refractivity contribution in [3.8, 4) is 11.5 Å². The zero-order chi connectivity index (χ0) is 12.3. The van der Waals surface area contributed by atoms with Gasteiger partial charge in [-0.2, -0.15) is 0 Å². The molecule has 0 saturated heterocycles. The number of ether oxygens (including phenoxy) is 1. The summed E-state index contributed by atoms with van der Waals surface area (Å²) in [4.78, 5) is 0. The van der Waals surface area contributed by atoms with Crippen LogP contribution < -0.4 is 4.74 Å². The third kappa shape index (κ3) is 3.20. The van der Waals surface area contributed by atoms with E-state index in [1.54, 1.807) is 24.3 Å². The summed E-state index contributed by atoms with van der Waals surface area (Å²) in [6.07, 6.45) is 0.